The van der Waals surface area contributed by atoms with Crippen molar-refractivity contribution in [2.75, 3.05) is 22.9 Å². The van der Waals surface area contributed by atoms with E-state index in [9.17, 15) is 9.59 Å². The average molecular weight is 352 g/mol. The van der Waals surface area contributed by atoms with Gasteiger partial charge in [0.25, 0.3) is 5.91 Å². The van der Waals surface area contributed by atoms with Crippen LogP contribution in [0.3, 0.4) is 0 Å². The van der Waals surface area contributed by atoms with Crippen LogP contribution in [0.1, 0.15) is 25.8 Å². The molecule has 26 heavy (non-hydrogen) atoms. The van der Waals surface area contributed by atoms with Gasteiger partial charge in [0.05, 0.1) is 5.69 Å². The van der Waals surface area contributed by atoms with Crippen LogP contribution in [0.15, 0.2) is 48.5 Å². The van der Waals surface area contributed by atoms with Gasteiger partial charge in [-0.15, -0.1) is 0 Å². The molecule has 0 unspecified atom stereocenters. The van der Waals surface area contributed by atoms with E-state index in [1.807, 2.05) is 62.4 Å². The molecule has 2 aromatic rings. The van der Waals surface area contributed by atoms with Gasteiger partial charge in [-0.1, -0.05) is 30.3 Å². The van der Waals surface area contributed by atoms with Crippen molar-refractivity contribution in [1.82, 2.24) is 0 Å². The first-order valence-corrected chi connectivity index (χ1v) is 8.96. The number of hydrogen-bond acceptors (Lipinski definition) is 3. The number of nitrogens with zero attached hydrogens (tertiary/aromatic N) is 2. The summed E-state index contributed by atoms with van der Waals surface area (Å²) in [4.78, 5) is 28.8. The van der Waals surface area contributed by atoms with Crippen LogP contribution < -0.4 is 14.5 Å². The standard InChI is InChI=1S/C21H24N2O3/c1-4-22(17-10-6-5-9-15(17)2)20(24)13-14-23-18-11-7-8-12-19(18)26-16(3)21(23)25/h5-12,16H,4,13-14H2,1-3H3/t16-/m0/s1. The van der Waals surface area contributed by atoms with Crippen LogP contribution in [0.25, 0.3) is 0 Å². The fourth-order valence-electron chi connectivity index (χ4n) is 3.28. The van der Waals surface area contributed by atoms with E-state index < -0.39 is 6.10 Å². The molecule has 2 aromatic carbocycles. The summed E-state index contributed by atoms with van der Waals surface area (Å²) in [5.41, 5.74) is 2.70. The van der Waals surface area contributed by atoms with E-state index in [0.29, 0.717) is 18.8 Å². The number of ether oxygens (including phenoxy) is 1. The van der Waals surface area contributed by atoms with Gasteiger partial charge in [-0.3, -0.25) is 9.59 Å². The molecule has 0 fully saturated rings. The summed E-state index contributed by atoms with van der Waals surface area (Å²) in [7, 11) is 0. The summed E-state index contributed by atoms with van der Waals surface area (Å²) < 4.78 is 5.65. The van der Waals surface area contributed by atoms with Crippen molar-refractivity contribution in [3.8, 4) is 5.75 Å². The number of amides is 2. The molecule has 0 aromatic heterocycles. The van der Waals surface area contributed by atoms with Gasteiger partial charge in [-0.25, -0.2) is 0 Å². The van der Waals surface area contributed by atoms with E-state index in [1.165, 1.54) is 0 Å². The molecule has 136 valence electrons. The number of rotatable bonds is 5. The van der Waals surface area contributed by atoms with Gasteiger partial charge in [-0.2, -0.15) is 0 Å². The molecule has 1 aliphatic heterocycles. The molecule has 0 spiro atoms. The predicted octanol–water partition coefficient (Wildman–Crippen LogP) is 3.55. The molecule has 1 aliphatic rings. The maximum Gasteiger partial charge on any atom is 0.267 e. The van der Waals surface area contributed by atoms with Crippen molar-refractivity contribution in [2.45, 2.75) is 33.3 Å². The van der Waals surface area contributed by atoms with Gasteiger partial charge in [-0.05, 0) is 44.5 Å². The summed E-state index contributed by atoms with van der Waals surface area (Å²) in [6, 6.07) is 15.3. The summed E-state index contributed by atoms with van der Waals surface area (Å²) in [5, 5.41) is 0. The number of benzene rings is 2. The third-order valence-electron chi connectivity index (χ3n) is 4.65. The summed E-state index contributed by atoms with van der Waals surface area (Å²) >= 11 is 0. The van der Waals surface area contributed by atoms with Crippen LogP contribution in [-0.2, 0) is 9.59 Å². The average Bonchev–Trinajstić information content (AvgIpc) is 2.64. The van der Waals surface area contributed by atoms with E-state index in [0.717, 1.165) is 16.9 Å². The fourth-order valence-corrected chi connectivity index (χ4v) is 3.28. The van der Waals surface area contributed by atoms with Crippen LogP contribution in [0.2, 0.25) is 0 Å². The number of fused-ring (bicyclic) bond motifs is 1. The minimum absolute atomic E-state index is 0.00576. The van der Waals surface area contributed by atoms with Gasteiger partial charge in [0.1, 0.15) is 5.75 Å². The Bertz CT molecular complexity index is 818. The first-order valence-electron chi connectivity index (χ1n) is 8.96. The van der Waals surface area contributed by atoms with Crippen LogP contribution in [0.5, 0.6) is 5.75 Å². The van der Waals surface area contributed by atoms with E-state index >= 15 is 0 Å². The molecule has 0 bridgehead atoms. The SMILES string of the molecule is CCN(C(=O)CCN1C(=O)[C@H](C)Oc2ccccc21)c1ccccc1C. The Kier molecular flexibility index (Phi) is 5.26. The van der Waals surface area contributed by atoms with Gasteiger partial charge >= 0.3 is 0 Å². The second-order valence-electron chi connectivity index (χ2n) is 6.39. The van der Waals surface area contributed by atoms with Crippen molar-refractivity contribution in [1.29, 1.82) is 0 Å². The third-order valence-corrected chi connectivity index (χ3v) is 4.65. The first kappa shape index (κ1) is 18.0. The number of aryl methyl sites for hydroxylation is 1. The monoisotopic (exact) mass is 352 g/mol. The molecule has 0 saturated carbocycles. The van der Waals surface area contributed by atoms with Crippen molar-refractivity contribution in [2.24, 2.45) is 0 Å². The highest BCUT2D eigenvalue weighted by atomic mass is 16.5. The summed E-state index contributed by atoms with van der Waals surface area (Å²) in [5.74, 6) is 0.569. The Morgan fingerprint density at radius 1 is 1.15 bits per heavy atom. The fraction of sp³-hybridized carbons (Fsp3) is 0.333. The summed E-state index contributed by atoms with van der Waals surface area (Å²) in [6.45, 7) is 6.62. The zero-order valence-corrected chi connectivity index (χ0v) is 15.4. The number of hydrogen-bond donors (Lipinski definition) is 0. The second kappa shape index (κ2) is 7.60. The van der Waals surface area contributed by atoms with Gasteiger partial charge in [0.15, 0.2) is 6.10 Å². The molecule has 1 atom stereocenters. The highest BCUT2D eigenvalue weighted by molar-refractivity contribution is 6.01. The van der Waals surface area contributed by atoms with Crippen LogP contribution in [-0.4, -0.2) is 31.0 Å². The lowest BCUT2D eigenvalue weighted by molar-refractivity contribution is -0.125. The predicted molar refractivity (Wildman–Crippen MR) is 103 cm³/mol. The zero-order valence-electron chi connectivity index (χ0n) is 15.4. The molecule has 0 N–H and O–H groups in total. The first-order chi connectivity index (χ1) is 12.5. The van der Waals surface area contributed by atoms with Gasteiger partial charge in [0, 0.05) is 25.2 Å². The minimum Gasteiger partial charge on any atom is -0.479 e. The maximum absolute atomic E-state index is 12.8. The van der Waals surface area contributed by atoms with Crippen molar-refractivity contribution in [3.63, 3.8) is 0 Å². The van der Waals surface area contributed by atoms with Crippen molar-refractivity contribution >= 4 is 23.2 Å². The molecule has 0 aliphatic carbocycles. The largest absolute Gasteiger partial charge is 0.479 e. The lowest BCUT2D eigenvalue weighted by Crippen LogP contribution is -2.46. The number of carbonyl (C=O) groups is 2. The highest BCUT2D eigenvalue weighted by Gasteiger charge is 2.31. The molecule has 3 rings (SSSR count). The molecule has 5 nitrogen and oxygen atoms in total. The normalized spacial score (nSPS) is 16.0. The maximum atomic E-state index is 12.8. The quantitative estimate of drug-likeness (QED) is 0.827. The molecular weight excluding hydrogens is 328 g/mol. The van der Waals surface area contributed by atoms with Crippen molar-refractivity contribution < 1.29 is 14.3 Å². The third kappa shape index (κ3) is 3.43. The molecule has 1 heterocycles. The van der Waals surface area contributed by atoms with Crippen LogP contribution >= 0.6 is 0 Å². The Morgan fingerprint density at radius 3 is 2.58 bits per heavy atom. The summed E-state index contributed by atoms with van der Waals surface area (Å²) in [6.07, 6.45) is -0.284. The van der Waals surface area contributed by atoms with Crippen LogP contribution in [0, 0.1) is 6.92 Å². The minimum atomic E-state index is -0.543. The van der Waals surface area contributed by atoms with Crippen LogP contribution in [0.4, 0.5) is 11.4 Å². The molecular formula is C21H24N2O3. The van der Waals surface area contributed by atoms with E-state index in [1.54, 1.807) is 16.7 Å². The topological polar surface area (TPSA) is 49.9 Å². The Labute approximate surface area is 154 Å². The Morgan fingerprint density at radius 2 is 1.85 bits per heavy atom. The number of carbonyl (C=O) groups excluding carboxylic acids is 2. The highest BCUT2D eigenvalue weighted by Crippen LogP contribution is 2.33. The Hall–Kier alpha value is -2.82. The van der Waals surface area contributed by atoms with E-state index in [2.05, 4.69) is 0 Å². The Balaban J connectivity index is 1.76. The molecule has 0 radical (unpaired) electrons. The molecule has 5 heteroatoms. The zero-order chi connectivity index (χ0) is 18.7. The molecule has 0 saturated heterocycles. The van der Waals surface area contributed by atoms with Gasteiger partial charge < -0.3 is 14.5 Å². The molecule has 2 amide bonds. The lowest BCUT2D eigenvalue weighted by Gasteiger charge is -2.33. The lowest BCUT2D eigenvalue weighted by atomic mass is 10.1. The van der Waals surface area contributed by atoms with Gasteiger partial charge in [0.2, 0.25) is 5.91 Å². The number of anilines is 2. The van der Waals surface area contributed by atoms with E-state index in [4.69, 9.17) is 4.74 Å². The number of para-hydroxylation sites is 3. The smallest absolute Gasteiger partial charge is 0.267 e. The second-order valence-corrected chi connectivity index (χ2v) is 6.39. The van der Waals surface area contributed by atoms with Crippen molar-refractivity contribution in [3.05, 3.63) is 54.1 Å². The van der Waals surface area contributed by atoms with E-state index in [-0.39, 0.29) is 18.2 Å².